The summed E-state index contributed by atoms with van der Waals surface area (Å²) in [6, 6.07) is 31.2. The summed E-state index contributed by atoms with van der Waals surface area (Å²) < 4.78 is 51.7. The molecule has 0 heterocycles. The first-order valence-electron chi connectivity index (χ1n) is 24.8. The molecule has 0 saturated carbocycles. The minimum Gasteiger partial charge on any atom is -0.388 e. The van der Waals surface area contributed by atoms with Crippen molar-refractivity contribution >= 4 is 43.3 Å². The number of aliphatic hydroxyl groups is 2. The molecule has 0 aliphatic heterocycles. The van der Waals surface area contributed by atoms with E-state index in [-0.39, 0.29) is 25.7 Å². The predicted octanol–water partition coefficient (Wildman–Crippen LogP) is 5.59. The Kier molecular flexibility index (Phi) is 21.4. The first kappa shape index (κ1) is 59.1. The van der Waals surface area contributed by atoms with Crippen LogP contribution < -0.4 is 21.3 Å². The van der Waals surface area contributed by atoms with Crippen LogP contribution in [-0.2, 0) is 64.5 Å². The molecule has 0 aromatic heterocycles. The topological polar surface area (TPSA) is 225 Å². The van der Waals surface area contributed by atoms with Crippen molar-refractivity contribution in [2.75, 3.05) is 11.5 Å². The molecule has 0 radical (unpaired) electrons. The van der Waals surface area contributed by atoms with E-state index in [0.29, 0.717) is 11.1 Å². The first-order valence-corrected chi connectivity index (χ1v) is 28.1. The van der Waals surface area contributed by atoms with Crippen molar-refractivity contribution in [1.82, 2.24) is 21.3 Å². The maximum absolute atomic E-state index is 14.5. The van der Waals surface area contributed by atoms with Gasteiger partial charge in [-0.1, -0.05) is 149 Å². The van der Waals surface area contributed by atoms with Crippen LogP contribution in [0.15, 0.2) is 121 Å². The van der Waals surface area contributed by atoms with Gasteiger partial charge in [0.1, 0.15) is 24.3 Å². The third-order valence-electron chi connectivity index (χ3n) is 13.0. The van der Waals surface area contributed by atoms with Gasteiger partial charge in [0.2, 0.25) is 23.6 Å². The highest BCUT2D eigenvalue weighted by Crippen LogP contribution is 2.24. The molecule has 8 atom stereocenters. The van der Waals surface area contributed by atoms with Gasteiger partial charge in [-0.05, 0) is 101 Å². The predicted molar refractivity (Wildman–Crippen MR) is 284 cm³/mol. The van der Waals surface area contributed by atoms with Gasteiger partial charge in [-0.2, -0.15) is 0 Å². The van der Waals surface area contributed by atoms with Gasteiger partial charge in [0.15, 0.2) is 19.7 Å². The Labute approximate surface area is 428 Å². The lowest BCUT2D eigenvalue weighted by atomic mass is 9.90. The van der Waals surface area contributed by atoms with Crippen LogP contribution in [0.3, 0.4) is 0 Å². The largest absolute Gasteiger partial charge is 0.388 e. The molecule has 6 N–H and O–H groups in total. The van der Waals surface area contributed by atoms with Crippen molar-refractivity contribution in [3.05, 3.63) is 144 Å². The summed E-state index contributed by atoms with van der Waals surface area (Å²) in [6.07, 6.45) is -3.25. The lowest BCUT2D eigenvalue weighted by Gasteiger charge is -2.35. The second kappa shape index (κ2) is 26.0. The monoisotopic (exact) mass is 1030 g/mol. The Bertz CT molecular complexity index is 2400. The summed E-state index contributed by atoms with van der Waals surface area (Å²) in [6.45, 7) is 16.3. The van der Waals surface area contributed by atoms with Gasteiger partial charge in [-0.25, -0.2) is 16.8 Å². The van der Waals surface area contributed by atoms with Gasteiger partial charge in [0, 0.05) is 0 Å². The Morgan fingerprint density at radius 2 is 0.667 bits per heavy atom. The summed E-state index contributed by atoms with van der Waals surface area (Å²) in [4.78, 5) is 57.4. The molecule has 0 unspecified atom stereocenters. The average molecular weight is 1030 g/mol. The Hall–Kier alpha value is -5.42. The van der Waals surface area contributed by atoms with E-state index in [1.807, 2.05) is 12.1 Å². The van der Waals surface area contributed by atoms with Crippen LogP contribution >= 0.6 is 0 Å². The number of sulfone groups is 2. The molecule has 72 heavy (non-hydrogen) atoms. The number of amides is 4. The third kappa shape index (κ3) is 17.4. The smallest absolute Gasteiger partial charge is 0.243 e. The van der Waals surface area contributed by atoms with E-state index in [1.165, 1.54) is 0 Å². The standard InChI is InChI=1S/C56H78N4O10S2/c1-37(2)47(59-51(63)43(31-39-23-15-11-16-24-39)35-71(67,68)55(5,6)7)53(65)57-45(33-41-27-19-13-20-28-41)49(61)50(62)46(34-42-29-21-14-22-30-42)58-54(66)48(38(3)4)60-52(64)44(32-40-25-17-12-18-26-40)36-72(69,70)56(8,9)10/h11-30,37-38,43-50,61-62H,31-36H2,1-10H3,(H,57,65)(H,58,66)(H,59,63)(H,60,64)/t43-,44-,45+,46+,47+,48+,49-,50-/m1/s1. The number of benzene rings is 4. The zero-order valence-corrected chi connectivity index (χ0v) is 45.2. The summed E-state index contributed by atoms with van der Waals surface area (Å²) in [5.41, 5.74) is 2.87. The van der Waals surface area contributed by atoms with Crippen LogP contribution in [0.25, 0.3) is 0 Å². The Morgan fingerprint density at radius 1 is 0.417 bits per heavy atom. The minimum atomic E-state index is -3.79. The maximum Gasteiger partial charge on any atom is 0.243 e. The molecule has 14 nitrogen and oxygen atoms in total. The summed E-state index contributed by atoms with van der Waals surface area (Å²) in [5, 5.41) is 36.0. The molecule has 4 rings (SSSR count). The van der Waals surface area contributed by atoms with Gasteiger partial charge >= 0.3 is 0 Å². The molecule has 394 valence electrons. The molecular weight excluding hydrogens is 953 g/mol. The van der Waals surface area contributed by atoms with E-state index < -0.39 is 124 Å². The van der Waals surface area contributed by atoms with Crippen LogP contribution in [-0.4, -0.2) is 108 Å². The molecule has 16 heteroatoms. The quantitative estimate of drug-likeness (QED) is 0.0483. The van der Waals surface area contributed by atoms with Crippen molar-refractivity contribution in [1.29, 1.82) is 0 Å². The van der Waals surface area contributed by atoms with Crippen LogP contribution in [0.4, 0.5) is 0 Å². The molecule has 0 saturated heterocycles. The second-order valence-corrected chi connectivity index (χ2v) is 27.2. The van der Waals surface area contributed by atoms with Crippen LogP contribution in [0.5, 0.6) is 0 Å². The fourth-order valence-corrected chi connectivity index (χ4v) is 10.8. The highest BCUT2D eigenvalue weighted by Gasteiger charge is 2.41. The molecule has 4 aromatic rings. The zero-order chi connectivity index (χ0) is 53.6. The number of rotatable bonds is 25. The SMILES string of the molecule is CC(C)[C@H](NC(=O)[C@H](Cc1ccccc1)CS(=O)(=O)C(C)(C)C)C(=O)N[C@@H](Cc1ccccc1)[C@@H](O)[C@H](O)[C@H](Cc1ccccc1)NC(=O)[C@@H](NC(=O)[C@H](Cc1ccccc1)CS(=O)(=O)C(C)(C)C)C(C)C. The Balaban J connectivity index is 1.66. The highest BCUT2D eigenvalue weighted by atomic mass is 32.2. The third-order valence-corrected chi connectivity index (χ3v) is 18.4. The number of carbonyl (C=O) groups excluding carboxylic acids is 4. The van der Waals surface area contributed by atoms with Gasteiger partial charge in [0.25, 0.3) is 0 Å². The normalized spacial score (nSPS) is 15.8. The number of aliphatic hydroxyl groups excluding tert-OH is 2. The van der Waals surface area contributed by atoms with Crippen molar-refractivity contribution in [2.45, 2.75) is 141 Å². The minimum absolute atomic E-state index is 0.0149. The van der Waals surface area contributed by atoms with E-state index in [1.54, 1.807) is 178 Å². The number of carbonyl (C=O) groups is 4. The second-order valence-electron chi connectivity index (χ2n) is 21.6. The average Bonchev–Trinajstić information content (AvgIpc) is 3.31. The fraction of sp³-hybridized carbons (Fsp3) is 0.500. The molecule has 0 aliphatic carbocycles. The molecular formula is C56H78N4O10S2. The van der Waals surface area contributed by atoms with Crippen molar-refractivity contribution in [3.8, 4) is 0 Å². The van der Waals surface area contributed by atoms with Crippen molar-refractivity contribution in [2.24, 2.45) is 23.7 Å². The molecule has 0 fully saturated rings. The number of nitrogens with one attached hydrogen (secondary N) is 4. The van der Waals surface area contributed by atoms with Gasteiger partial charge < -0.3 is 31.5 Å². The summed E-state index contributed by atoms with van der Waals surface area (Å²) >= 11 is 0. The van der Waals surface area contributed by atoms with Crippen LogP contribution in [0.2, 0.25) is 0 Å². The maximum atomic E-state index is 14.5. The number of hydrogen-bond donors (Lipinski definition) is 6. The first-order chi connectivity index (χ1) is 33.6. The van der Waals surface area contributed by atoms with Gasteiger partial charge in [-0.15, -0.1) is 0 Å². The lowest BCUT2D eigenvalue weighted by molar-refractivity contribution is -0.134. The van der Waals surface area contributed by atoms with Gasteiger partial charge in [0.05, 0.1) is 44.9 Å². The van der Waals surface area contributed by atoms with Crippen molar-refractivity contribution < 1.29 is 46.2 Å². The summed E-state index contributed by atoms with van der Waals surface area (Å²) in [5.74, 6) is -6.71. The van der Waals surface area contributed by atoms with Crippen LogP contribution in [0.1, 0.15) is 91.5 Å². The Morgan fingerprint density at radius 3 is 0.903 bits per heavy atom. The van der Waals surface area contributed by atoms with E-state index >= 15 is 0 Å². The molecule has 0 aliphatic rings. The van der Waals surface area contributed by atoms with E-state index in [0.717, 1.165) is 11.1 Å². The molecule has 0 bridgehead atoms. The molecule has 0 spiro atoms. The molecule has 4 aromatic carbocycles. The number of hydrogen-bond acceptors (Lipinski definition) is 10. The van der Waals surface area contributed by atoms with Crippen LogP contribution in [0, 0.1) is 23.7 Å². The van der Waals surface area contributed by atoms with Gasteiger partial charge in [-0.3, -0.25) is 19.2 Å². The zero-order valence-electron chi connectivity index (χ0n) is 43.5. The summed E-state index contributed by atoms with van der Waals surface area (Å²) in [7, 11) is -7.58. The molecule has 4 amide bonds. The van der Waals surface area contributed by atoms with E-state index in [4.69, 9.17) is 0 Å². The van der Waals surface area contributed by atoms with Crippen molar-refractivity contribution in [3.63, 3.8) is 0 Å². The van der Waals surface area contributed by atoms with E-state index in [2.05, 4.69) is 21.3 Å². The lowest BCUT2D eigenvalue weighted by Crippen LogP contribution is -2.62. The fourth-order valence-electron chi connectivity index (χ4n) is 8.17. The van der Waals surface area contributed by atoms with E-state index in [9.17, 15) is 46.2 Å². The highest BCUT2D eigenvalue weighted by molar-refractivity contribution is 7.93.